The lowest BCUT2D eigenvalue weighted by molar-refractivity contribution is -0.152. The van der Waals surface area contributed by atoms with Gasteiger partial charge in [0.2, 0.25) is 0 Å². The second kappa shape index (κ2) is 4.82. The molecule has 4 rings (SSSR count). The number of aliphatic hydroxyl groups is 1. The molecule has 0 heterocycles. The van der Waals surface area contributed by atoms with Crippen LogP contribution in [0.4, 0.5) is 0 Å². The molecule has 0 radical (unpaired) electrons. The van der Waals surface area contributed by atoms with Crippen molar-refractivity contribution in [3.05, 3.63) is 0 Å². The zero-order valence-corrected chi connectivity index (χ0v) is 14.5. The summed E-state index contributed by atoms with van der Waals surface area (Å²) in [6.07, 6.45) is 8.71. The van der Waals surface area contributed by atoms with Crippen molar-refractivity contribution in [1.29, 1.82) is 0 Å². The Kier molecular flexibility index (Phi) is 3.32. The number of carbonyl (C=O) groups excluding carboxylic acids is 1. The Balaban J connectivity index is 1.68. The van der Waals surface area contributed by atoms with Crippen molar-refractivity contribution in [3.63, 3.8) is 0 Å². The summed E-state index contributed by atoms with van der Waals surface area (Å²) in [6.45, 7) is 7.26. The van der Waals surface area contributed by atoms with Crippen LogP contribution in [0.5, 0.6) is 0 Å². The van der Waals surface area contributed by atoms with Crippen molar-refractivity contribution in [2.45, 2.75) is 78.2 Å². The highest BCUT2D eigenvalue weighted by Crippen LogP contribution is 2.66. The molecule has 0 aromatic carbocycles. The highest BCUT2D eigenvalue weighted by molar-refractivity contribution is 5.79. The molecule has 4 saturated carbocycles. The number of carbonyl (C=O) groups is 1. The third-order valence-corrected chi connectivity index (χ3v) is 8.80. The van der Waals surface area contributed by atoms with Crippen molar-refractivity contribution in [1.82, 2.24) is 0 Å². The van der Waals surface area contributed by atoms with Gasteiger partial charge in [0.1, 0.15) is 5.78 Å². The van der Waals surface area contributed by atoms with Crippen molar-refractivity contribution in [2.75, 3.05) is 0 Å². The Morgan fingerprint density at radius 2 is 1.73 bits per heavy atom. The van der Waals surface area contributed by atoms with E-state index in [1.54, 1.807) is 0 Å². The molecule has 0 spiro atoms. The number of aliphatic hydroxyl groups excluding tert-OH is 1. The zero-order chi connectivity index (χ0) is 15.7. The van der Waals surface area contributed by atoms with E-state index < -0.39 is 0 Å². The second-order valence-electron chi connectivity index (χ2n) is 9.58. The molecule has 1 N–H and O–H groups in total. The minimum atomic E-state index is -0.0766. The maximum atomic E-state index is 12.0. The number of ketones is 1. The van der Waals surface area contributed by atoms with Gasteiger partial charge in [0.25, 0.3) is 0 Å². The average molecular weight is 304 g/mol. The predicted octanol–water partition coefficient (Wildman–Crippen LogP) is 4.21. The molecule has 0 aliphatic heterocycles. The summed E-state index contributed by atoms with van der Waals surface area (Å²) in [5, 5.41) is 10.5. The Bertz CT molecular complexity index is 486. The largest absolute Gasteiger partial charge is 0.393 e. The molecule has 0 bridgehead atoms. The Morgan fingerprint density at radius 3 is 2.50 bits per heavy atom. The molecule has 0 aromatic heterocycles. The van der Waals surface area contributed by atoms with Crippen LogP contribution in [0.2, 0.25) is 0 Å². The van der Waals surface area contributed by atoms with Gasteiger partial charge in [0.05, 0.1) is 6.10 Å². The van der Waals surface area contributed by atoms with Gasteiger partial charge in [-0.15, -0.1) is 0 Å². The first-order valence-corrected chi connectivity index (χ1v) is 9.56. The minimum absolute atomic E-state index is 0.0766. The van der Waals surface area contributed by atoms with E-state index >= 15 is 0 Å². The monoisotopic (exact) mass is 304 g/mol. The highest BCUT2D eigenvalue weighted by atomic mass is 16.3. The van der Waals surface area contributed by atoms with Gasteiger partial charge in [-0.25, -0.2) is 0 Å². The van der Waals surface area contributed by atoms with E-state index in [4.69, 9.17) is 0 Å². The molecule has 4 aliphatic carbocycles. The van der Waals surface area contributed by atoms with Crippen LogP contribution >= 0.6 is 0 Å². The topological polar surface area (TPSA) is 37.3 Å². The van der Waals surface area contributed by atoms with Crippen molar-refractivity contribution in [3.8, 4) is 0 Å². The maximum absolute atomic E-state index is 12.0. The molecule has 4 aliphatic rings. The number of hydrogen-bond donors (Lipinski definition) is 1. The minimum Gasteiger partial charge on any atom is -0.393 e. The number of fused-ring (bicyclic) bond motifs is 5. The summed E-state index contributed by atoms with van der Waals surface area (Å²) < 4.78 is 0. The molecule has 2 heteroatoms. The summed E-state index contributed by atoms with van der Waals surface area (Å²) in [4.78, 5) is 12.0. The molecule has 0 saturated heterocycles. The van der Waals surface area contributed by atoms with Gasteiger partial charge >= 0.3 is 0 Å². The van der Waals surface area contributed by atoms with Crippen LogP contribution in [0, 0.1) is 40.4 Å². The van der Waals surface area contributed by atoms with E-state index in [0.29, 0.717) is 23.0 Å². The maximum Gasteiger partial charge on any atom is 0.133 e. The second-order valence-corrected chi connectivity index (χ2v) is 9.58. The summed E-state index contributed by atoms with van der Waals surface area (Å²) >= 11 is 0. The van der Waals surface area contributed by atoms with Crippen LogP contribution in [0.15, 0.2) is 0 Å². The number of Topliss-reactive ketones (excluding diaryl/α,β-unsaturated/α-hetero) is 1. The van der Waals surface area contributed by atoms with Gasteiger partial charge in [0, 0.05) is 12.8 Å². The normalized spacial score (nSPS) is 57.9. The molecular weight excluding hydrogens is 272 g/mol. The summed E-state index contributed by atoms with van der Waals surface area (Å²) in [7, 11) is 0. The average Bonchev–Trinajstić information content (AvgIpc) is 2.77. The first-order chi connectivity index (χ1) is 10.4. The molecule has 0 unspecified atom stereocenters. The van der Waals surface area contributed by atoms with Crippen LogP contribution in [0.1, 0.15) is 72.1 Å². The van der Waals surface area contributed by atoms with Gasteiger partial charge in [-0.2, -0.15) is 0 Å². The van der Waals surface area contributed by atoms with E-state index in [1.807, 2.05) is 0 Å². The lowest BCUT2D eigenvalue weighted by Crippen LogP contribution is -2.56. The van der Waals surface area contributed by atoms with Crippen LogP contribution in [0.3, 0.4) is 0 Å². The fraction of sp³-hybridized carbons (Fsp3) is 0.950. The van der Waals surface area contributed by atoms with Crippen molar-refractivity contribution < 1.29 is 9.90 Å². The molecule has 0 aromatic rings. The number of rotatable bonds is 0. The van der Waals surface area contributed by atoms with Crippen molar-refractivity contribution >= 4 is 5.78 Å². The van der Waals surface area contributed by atoms with Gasteiger partial charge in [-0.1, -0.05) is 20.8 Å². The van der Waals surface area contributed by atoms with Crippen molar-refractivity contribution in [2.24, 2.45) is 40.4 Å². The molecule has 8 atom stereocenters. The fourth-order valence-electron chi connectivity index (χ4n) is 7.49. The summed E-state index contributed by atoms with van der Waals surface area (Å²) in [5.74, 6) is 4.11. The van der Waals surface area contributed by atoms with E-state index in [0.717, 1.165) is 43.4 Å². The fourth-order valence-corrected chi connectivity index (χ4v) is 7.49. The van der Waals surface area contributed by atoms with Gasteiger partial charge < -0.3 is 5.11 Å². The van der Waals surface area contributed by atoms with Crippen LogP contribution in [-0.2, 0) is 4.79 Å². The molecular formula is C20H32O2. The Hall–Kier alpha value is -0.370. The Labute approximate surface area is 135 Å². The molecule has 2 nitrogen and oxygen atoms in total. The molecule has 124 valence electrons. The zero-order valence-electron chi connectivity index (χ0n) is 14.5. The third kappa shape index (κ3) is 1.85. The van der Waals surface area contributed by atoms with E-state index in [9.17, 15) is 9.90 Å². The number of hydrogen-bond acceptors (Lipinski definition) is 2. The highest BCUT2D eigenvalue weighted by Gasteiger charge is 2.61. The van der Waals surface area contributed by atoms with Gasteiger partial charge in [-0.05, 0) is 78.9 Å². The molecule has 0 amide bonds. The van der Waals surface area contributed by atoms with Crippen LogP contribution in [0.25, 0.3) is 0 Å². The van der Waals surface area contributed by atoms with E-state index in [1.165, 1.54) is 25.7 Å². The Morgan fingerprint density at radius 1 is 1.00 bits per heavy atom. The molecule has 4 fully saturated rings. The lowest BCUT2D eigenvalue weighted by atomic mass is 9.43. The van der Waals surface area contributed by atoms with Crippen LogP contribution < -0.4 is 0 Å². The van der Waals surface area contributed by atoms with E-state index in [-0.39, 0.29) is 11.5 Å². The van der Waals surface area contributed by atoms with E-state index in [2.05, 4.69) is 20.8 Å². The summed E-state index contributed by atoms with van der Waals surface area (Å²) in [5.41, 5.74) is 0.555. The predicted molar refractivity (Wildman–Crippen MR) is 87.3 cm³/mol. The third-order valence-electron chi connectivity index (χ3n) is 8.80. The van der Waals surface area contributed by atoms with Gasteiger partial charge in [-0.3, -0.25) is 4.79 Å². The SMILES string of the molecule is C[C@@H]1C[C@@H]2[C@H](CC[C@]3(C)[C@@H](O)CC[C@@H]23)[C@@]2(C)CCC(=O)C[C@H]12. The lowest BCUT2D eigenvalue weighted by Gasteiger charge is -2.61. The summed E-state index contributed by atoms with van der Waals surface area (Å²) in [6, 6.07) is 0. The standard InChI is InChI=1S/C20H32O2/c1-12-10-14-15-4-5-18(22)20(15,3)9-7-16(14)19(2)8-6-13(21)11-17(12)19/h12,14-18,22H,4-11H2,1-3H3/t12-,14+,15+,16+,17-,18+,19-,20+/m1/s1. The van der Waals surface area contributed by atoms with Crippen LogP contribution in [-0.4, -0.2) is 17.0 Å². The van der Waals surface area contributed by atoms with Gasteiger partial charge in [0.15, 0.2) is 0 Å². The smallest absolute Gasteiger partial charge is 0.133 e. The molecule has 22 heavy (non-hydrogen) atoms. The first kappa shape index (κ1) is 15.2. The quantitative estimate of drug-likeness (QED) is 0.728. The first-order valence-electron chi connectivity index (χ1n) is 9.56.